The smallest absolute Gasteiger partial charge is 0.133 e. The Morgan fingerprint density at radius 2 is 1.84 bits per heavy atom. The molecule has 0 aliphatic carbocycles. The van der Waals surface area contributed by atoms with E-state index in [9.17, 15) is 0 Å². The number of benzene rings is 1. The molecule has 1 aromatic heterocycles. The van der Waals surface area contributed by atoms with Crippen molar-refractivity contribution in [3.8, 4) is 0 Å². The third-order valence-corrected chi connectivity index (χ3v) is 3.58. The maximum atomic E-state index is 5.40. The largest absolute Gasteiger partial charge is 0.347 e. The van der Waals surface area contributed by atoms with Crippen LogP contribution in [-0.4, -0.2) is 9.97 Å². The highest BCUT2D eigenvalue weighted by atomic mass is 32.1. The Morgan fingerprint density at radius 3 is 2.42 bits per heavy atom. The predicted molar refractivity (Wildman–Crippen MR) is 82.1 cm³/mol. The quantitative estimate of drug-likeness (QED) is 0.838. The van der Waals surface area contributed by atoms with E-state index in [0.29, 0.717) is 5.92 Å². The molecule has 0 aliphatic heterocycles. The SMILES string of the molecule is Cc1[nH]c(CCc2ccccc2)nc(=S)c1C(C)C. The van der Waals surface area contributed by atoms with Crippen LogP contribution in [-0.2, 0) is 12.8 Å². The van der Waals surface area contributed by atoms with Crippen molar-refractivity contribution in [3.05, 3.63) is 57.6 Å². The Balaban J connectivity index is 2.17. The normalized spacial score (nSPS) is 10.9. The molecule has 0 saturated carbocycles. The van der Waals surface area contributed by atoms with E-state index < -0.39 is 0 Å². The molecule has 0 radical (unpaired) electrons. The highest BCUT2D eigenvalue weighted by Gasteiger charge is 2.09. The van der Waals surface area contributed by atoms with Gasteiger partial charge in [0.1, 0.15) is 10.5 Å². The molecule has 19 heavy (non-hydrogen) atoms. The van der Waals surface area contributed by atoms with Crippen LogP contribution >= 0.6 is 12.2 Å². The zero-order valence-corrected chi connectivity index (χ0v) is 12.6. The number of aromatic nitrogens is 2. The summed E-state index contributed by atoms with van der Waals surface area (Å²) < 4.78 is 0.745. The van der Waals surface area contributed by atoms with E-state index in [4.69, 9.17) is 12.2 Å². The first-order chi connectivity index (χ1) is 9.08. The summed E-state index contributed by atoms with van der Waals surface area (Å²) in [6.07, 6.45) is 1.88. The van der Waals surface area contributed by atoms with Gasteiger partial charge in [-0.15, -0.1) is 0 Å². The lowest BCUT2D eigenvalue weighted by atomic mass is 10.0. The second-order valence-electron chi connectivity index (χ2n) is 5.17. The summed E-state index contributed by atoms with van der Waals surface area (Å²) in [5.41, 5.74) is 3.64. The lowest BCUT2D eigenvalue weighted by molar-refractivity contribution is 0.781. The van der Waals surface area contributed by atoms with Crippen molar-refractivity contribution in [1.82, 2.24) is 9.97 Å². The fraction of sp³-hybridized carbons (Fsp3) is 0.375. The van der Waals surface area contributed by atoms with Gasteiger partial charge in [-0.1, -0.05) is 56.4 Å². The van der Waals surface area contributed by atoms with Crippen molar-refractivity contribution >= 4 is 12.2 Å². The van der Waals surface area contributed by atoms with Gasteiger partial charge in [0.25, 0.3) is 0 Å². The van der Waals surface area contributed by atoms with Gasteiger partial charge in [-0.3, -0.25) is 0 Å². The monoisotopic (exact) mass is 272 g/mol. The molecule has 0 unspecified atom stereocenters. The predicted octanol–water partition coefficient (Wildman–Crippen LogP) is 4.36. The van der Waals surface area contributed by atoms with Gasteiger partial charge in [-0.2, -0.15) is 0 Å². The minimum atomic E-state index is 0.416. The Bertz CT molecular complexity index is 600. The molecule has 2 aromatic rings. The van der Waals surface area contributed by atoms with Crippen LogP contribution in [0.15, 0.2) is 30.3 Å². The number of H-pyrrole nitrogens is 1. The summed E-state index contributed by atoms with van der Waals surface area (Å²) in [4.78, 5) is 7.92. The minimum absolute atomic E-state index is 0.416. The van der Waals surface area contributed by atoms with Crippen LogP contribution in [0.25, 0.3) is 0 Å². The van der Waals surface area contributed by atoms with Crippen molar-refractivity contribution in [1.29, 1.82) is 0 Å². The Hall–Kier alpha value is -1.48. The standard InChI is InChI=1S/C16H20N2S/c1-11(2)15-12(3)17-14(18-16(15)19)10-9-13-7-5-4-6-8-13/h4-8,11H,9-10H2,1-3H3,(H,17,18,19). The first-order valence-corrected chi connectivity index (χ1v) is 7.12. The molecule has 0 fully saturated rings. The molecule has 0 aliphatic rings. The van der Waals surface area contributed by atoms with Gasteiger partial charge in [0.05, 0.1) is 0 Å². The Labute approximate surface area is 119 Å². The third kappa shape index (κ3) is 3.51. The maximum Gasteiger partial charge on any atom is 0.133 e. The highest BCUT2D eigenvalue weighted by molar-refractivity contribution is 7.71. The molecule has 1 N–H and O–H groups in total. The van der Waals surface area contributed by atoms with Crippen LogP contribution in [0.2, 0.25) is 0 Å². The summed E-state index contributed by atoms with van der Waals surface area (Å²) >= 11 is 5.40. The molecule has 2 rings (SSSR count). The molecule has 0 spiro atoms. The Morgan fingerprint density at radius 1 is 1.16 bits per heavy atom. The average molecular weight is 272 g/mol. The van der Waals surface area contributed by atoms with Crippen LogP contribution in [0, 0.1) is 11.6 Å². The molecular weight excluding hydrogens is 252 g/mol. The first-order valence-electron chi connectivity index (χ1n) is 6.71. The number of nitrogens with zero attached hydrogens (tertiary/aromatic N) is 1. The lowest BCUT2D eigenvalue weighted by Gasteiger charge is -2.11. The van der Waals surface area contributed by atoms with E-state index >= 15 is 0 Å². The van der Waals surface area contributed by atoms with Gasteiger partial charge in [-0.05, 0) is 24.8 Å². The summed E-state index contributed by atoms with van der Waals surface area (Å²) in [6.45, 7) is 6.38. The molecular formula is C16H20N2S. The van der Waals surface area contributed by atoms with Crippen LogP contribution in [0.3, 0.4) is 0 Å². The number of aromatic amines is 1. The molecule has 100 valence electrons. The molecule has 0 saturated heterocycles. The van der Waals surface area contributed by atoms with Crippen molar-refractivity contribution in [2.24, 2.45) is 0 Å². The van der Waals surface area contributed by atoms with Crippen LogP contribution in [0.1, 0.15) is 42.4 Å². The fourth-order valence-electron chi connectivity index (χ4n) is 2.36. The van der Waals surface area contributed by atoms with Crippen molar-refractivity contribution < 1.29 is 0 Å². The topological polar surface area (TPSA) is 28.7 Å². The summed E-state index contributed by atoms with van der Waals surface area (Å²) in [7, 11) is 0. The average Bonchev–Trinajstić information content (AvgIpc) is 2.36. The molecule has 0 amide bonds. The third-order valence-electron chi connectivity index (χ3n) is 3.27. The molecule has 2 nitrogen and oxygen atoms in total. The Kier molecular flexibility index (Phi) is 4.48. The van der Waals surface area contributed by atoms with Crippen molar-refractivity contribution in [2.45, 2.75) is 39.5 Å². The van der Waals surface area contributed by atoms with Gasteiger partial charge in [-0.25, -0.2) is 4.98 Å². The van der Waals surface area contributed by atoms with E-state index in [-0.39, 0.29) is 0 Å². The first kappa shape index (κ1) is 13.9. The molecule has 3 heteroatoms. The van der Waals surface area contributed by atoms with Crippen molar-refractivity contribution in [2.75, 3.05) is 0 Å². The van der Waals surface area contributed by atoms with E-state index in [1.165, 1.54) is 11.1 Å². The maximum absolute atomic E-state index is 5.40. The second-order valence-corrected chi connectivity index (χ2v) is 5.55. The second kappa shape index (κ2) is 6.11. The molecule has 0 atom stereocenters. The van der Waals surface area contributed by atoms with E-state index in [1.807, 2.05) is 6.07 Å². The lowest BCUT2D eigenvalue weighted by Crippen LogP contribution is -2.05. The molecule has 1 heterocycles. The molecule has 0 bridgehead atoms. The zero-order valence-electron chi connectivity index (χ0n) is 11.7. The van der Waals surface area contributed by atoms with E-state index in [0.717, 1.165) is 29.0 Å². The molecule has 1 aromatic carbocycles. The van der Waals surface area contributed by atoms with Crippen molar-refractivity contribution in [3.63, 3.8) is 0 Å². The number of aryl methyl sites for hydroxylation is 3. The summed E-state index contributed by atoms with van der Waals surface area (Å²) in [5, 5.41) is 0. The van der Waals surface area contributed by atoms with Gasteiger partial charge in [0.15, 0.2) is 0 Å². The van der Waals surface area contributed by atoms with Crippen LogP contribution in [0.4, 0.5) is 0 Å². The van der Waals surface area contributed by atoms with Gasteiger partial charge in [0.2, 0.25) is 0 Å². The zero-order chi connectivity index (χ0) is 13.8. The van der Waals surface area contributed by atoms with E-state index in [2.05, 4.69) is 55.0 Å². The highest BCUT2D eigenvalue weighted by Crippen LogP contribution is 2.18. The van der Waals surface area contributed by atoms with Crippen LogP contribution in [0.5, 0.6) is 0 Å². The summed E-state index contributed by atoms with van der Waals surface area (Å²) in [6, 6.07) is 10.5. The summed E-state index contributed by atoms with van der Waals surface area (Å²) in [5.74, 6) is 1.40. The number of hydrogen-bond donors (Lipinski definition) is 1. The number of hydrogen-bond acceptors (Lipinski definition) is 2. The number of rotatable bonds is 4. The van der Waals surface area contributed by atoms with Gasteiger partial charge < -0.3 is 4.98 Å². The van der Waals surface area contributed by atoms with Crippen LogP contribution < -0.4 is 0 Å². The number of nitrogens with one attached hydrogen (secondary N) is 1. The van der Waals surface area contributed by atoms with Gasteiger partial charge >= 0.3 is 0 Å². The fourth-order valence-corrected chi connectivity index (χ4v) is 2.86. The van der Waals surface area contributed by atoms with Gasteiger partial charge in [0, 0.05) is 17.7 Å². The van der Waals surface area contributed by atoms with E-state index in [1.54, 1.807) is 0 Å². The minimum Gasteiger partial charge on any atom is -0.347 e.